The molecule has 0 saturated carbocycles. The number of carbonyl (C=O) groups is 5. The van der Waals surface area contributed by atoms with Crippen LogP contribution in [0.3, 0.4) is 0 Å². The summed E-state index contributed by atoms with van der Waals surface area (Å²) in [6.07, 6.45) is -2.55. The molecule has 5 atom stereocenters. The van der Waals surface area contributed by atoms with E-state index in [1.807, 2.05) is 60.7 Å². The lowest BCUT2D eigenvalue weighted by atomic mass is 9.97. The molecule has 0 radical (unpaired) electrons. The fourth-order valence-electron chi connectivity index (χ4n) is 5.51. The molecule has 12 heteroatoms. The largest absolute Gasteiger partial charge is 0.459 e. The maximum atomic E-state index is 14.0. The van der Waals surface area contributed by atoms with Gasteiger partial charge in [-0.1, -0.05) is 91.0 Å². The number of thioether (sulfide) groups is 1. The molecule has 5 rings (SSSR count). The van der Waals surface area contributed by atoms with Crippen molar-refractivity contribution in [3.8, 4) is 0 Å². The maximum Gasteiger partial charge on any atom is 0.408 e. The Labute approximate surface area is 277 Å². The molecule has 2 unspecified atom stereocenters. The zero-order valence-electron chi connectivity index (χ0n) is 26.5. The molecule has 2 N–H and O–H groups in total. The highest BCUT2D eigenvalue weighted by atomic mass is 32.2. The number of amides is 3. The molecule has 2 saturated heterocycles. The van der Waals surface area contributed by atoms with Crippen LogP contribution in [0.1, 0.15) is 56.5 Å². The van der Waals surface area contributed by atoms with Gasteiger partial charge < -0.3 is 29.7 Å². The number of esters is 2. The lowest BCUT2D eigenvalue weighted by Gasteiger charge is -2.54. The van der Waals surface area contributed by atoms with Crippen molar-refractivity contribution in [2.75, 3.05) is 5.75 Å². The second-order valence-electron chi connectivity index (χ2n) is 12.2. The van der Waals surface area contributed by atoms with Gasteiger partial charge in [-0.15, -0.1) is 11.8 Å². The highest BCUT2D eigenvalue weighted by molar-refractivity contribution is 8.00. The molecule has 3 amide bonds. The Kier molecular flexibility index (Phi) is 10.2. The molecular weight excluding hydrogens is 622 g/mol. The lowest BCUT2D eigenvalue weighted by Crippen LogP contribution is -2.77. The fourth-order valence-corrected chi connectivity index (χ4v) is 6.92. The molecule has 0 aromatic heterocycles. The van der Waals surface area contributed by atoms with E-state index in [0.29, 0.717) is 5.56 Å². The molecule has 0 spiro atoms. The van der Waals surface area contributed by atoms with E-state index in [2.05, 4.69) is 10.6 Å². The number of hydrogen-bond donors (Lipinski definition) is 2. The minimum Gasteiger partial charge on any atom is -0.459 e. The van der Waals surface area contributed by atoms with Crippen LogP contribution in [0.4, 0.5) is 4.79 Å². The zero-order chi connectivity index (χ0) is 33.7. The van der Waals surface area contributed by atoms with Crippen molar-refractivity contribution in [2.24, 2.45) is 0 Å². The second kappa shape index (κ2) is 14.3. The lowest BCUT2D eigenvalue weighted by molar-refractivity contribution is -0.178. The standard InChI is InChI=1S/C35H37N3O8S/c1-21(39)44-25-20-47-32-27(36-30(40)26(22-14-8-5-9-15-22)37-34(43)46-35(2,3)4)31(41)38(32)28(25)33(42)45-29(23-16-10-6-11-17-23)24-18-12-7-13-19-24/h5-19,25-29,32H,20H2,1-4H3,(H,36,40)(H,37,43)/t25?,26?,27-,28-,32+/m1/s1. The molecule has 246 valence electrons. The van der Waals surface area contributed by atoms with Crippen LogP contribution in [0.2, 0.25) is 0 Å². The summed E-state index contributed by atoms with van der Waals surface area (Å²) in [6, 6.07) is 23.6. The van der Waals surface area contributed by atoms with E-state index in [1.165, 1.54) is 23.6 Å². The number of β-lactam (4-membered cyclic amide) rings is 1. The van der Waals surface area contributed by atoms with Crippen molar-refractivity contribution < 1.29 is 38.2 Å². The first-order valence-corrected chi connectivity index (χ1v) is 16.2. The smallest absolute Gasteiger partial charge is 0.408 e. The van der Waals surface area contributed by atoms with Crippen molar-refractivity contribution >= 4 is 41.6 Å². The average Bonchev–Trinajstić information content (AvgIpc) is 3.04. The van der Waals surface area contributed by atoms with Crippen LogP contribution in [0.15, 0.2) is 91.0 Å². The first-order valence-electron chi connectivity index (χ1n) is 15.2. The summed E-state index contributed by atoms with van der Waals surface area (Å²) in [5.41, 5.74) is 1.14. The number of benzene rings is 3. The predicted molar refractivity (Wildman–Crippen MR) is 174 cm³/mol. The van der Waals surface area contributed by atoms with Gasteiger partial charge in [0.2, 0.25) is 11.8 Å². The highest BCUT2D eigenvalue weighted by Gasteiger charge is 2.59. The molecule has 0 bridgehead atoms. The number of carbonyl (C=O) groups excluding carboxylic acids is 5. The molecule has 0 aliphatic carbocycles. The van der Waals surface area contributed by atoms with E-state index in [9.17, 15) is 24.0 Å². The van der Waals surface area contributed by atoms with Crippen molar-refractivity contribution in [3.63, 3.8) is 0 Å². The van der Waals surface area contributed by atoms with Crippen LogP contribution >= 0.6 is 11.8 Å². The Morgan fingerprint density at radius 2 is 1.38 bits per heavy atom. The van der Waals surface area contributed by atoms with E-state index in [1.54, 1.807) is 51.1 Å². The third-order valence-electron chi connectivity index (χ3n) is 7.51. The van der Waals surface area contributed by atoms with Crippen LogP contribution in [0.5, 0.6) is 0 Å². The second-order valence-corrected chi connectivity index (χ2v) is 13.3. The SMILES string of the molecule is CC(=O)OC1CS[C@H]2[C@H](NC(=O)C(NC(=O)OC(C)(C)C)c3ccccc3)C(=O)N2[C@H]1C(=O)OC(c1ccccc1)c1ccccc1. The third kappa shape index (κ3) is 7.94. The van der Waals surface area contributed by atoms with E-state index in [4.69, 9.17) is 14.2 Å². The molecular formula is C35H37N3O8S. The van der Waals surface area contributed by atoms with E-state index in [-0.39, 0.29) is 5.75 Å². The van der Waals surface area contributed by atoms with Crippen LogP contribution < -0.4 is 10.6 Å². The van der Waals surface area contributed by atoms with Gasteiger partial charge in [-0.05, 0) is 37.5 Å². The van der Waals surface area contributed by atoms with Gasteiger partial charge in [0.05, 0.1) is 0 Å². The van der Waals surface area contributed by atoms with Gasteiger partial charge in [0.1, 0.15) is 29.2 Å². The maximum absolute atomic E-state index is 14.0. The van der Waals surface area contributed by atoms with Gasteiger partial charge in [-0.25, -0.2) is 9.59 Å². The van der Waals surface area contributed by atoms with Gasteiger partial charge >= 0.3 is 18.0 Å². The fraction of sp³-hybridized carbons (Fsp3) is 0.343. The molecule has 3 aromatic carbocycles. The van der Waals surface area contributed by atoms with Gasteiger partial charge in [0.15, 0.2) is 12.1 Å². The quantitative estimate of drug-likeness (QED) is 0.196. The Bertz CT molecular complexity index is 1560. The summed E-state index contributed by atoms with van der Waals surface area (Å²) in [5.74, 6) is -2.35. The van der Waals surface area contributed by atoms with E-state index < -0.39 is 71.2 Å². The van der Waals surface area contributed by atoms with E-state index in [0.717, 1.165) is 11.1 Å². The van der Waals surface area contributed by atoms with E-state index >= 15 is 0 Å². The minimum absolute atomic E-state index is 0.180. The number of nitrogens with one attached hydrogen (secondary N) is 2. The Morgan fingerprint density at radius 1 is 0.851 bits per heavy atom. The Morgan fingerprint density at radius 3 is 1.89 bits per heavy atom. The zero-order valence-corrected chi connectivity index (χ0v) is 27.3. The topological polar surface area (TPSA) is 140 Å². The van der Waals surface area contributed by atoms with Crippen LogP contribution in [0.25, 0.3) is 0 Å². The molecule has 2 aliphatic heterocycles. The number of fused-ring (bicyclic) bond motifs is 1. The Hall–Kier alpha value is -4.84. The van der Waals surface area contributed by atoms with Gasteiger partial charge in [-0.3, -0.25) is 14.4 Å². The summed E-state index contributed by atoms with van der Waals surface area (Å²) in [4.78, 5) is 67.3. The highest BCUT2D eigenvalue weighted by Crippen LogP contribution is 2.41. The summed E-state index contributed by atoms with van der Waals surface area (Å²) < 4.78 is 17.0. The first-order chi connectivity index (χ1) is 22.4. The van der Waals surface area contributed by atoms with Crippen molar-refractivity contribution in [1.29, 1.82) is 0 Å². The number of nitrogens with zero attached hydrogens (tertiary/aromatic N) is 1. The van der Waals surface area contributed by atoms with Crippen molar-refractivity contribution in [1.82, 2.24) is 15.5 Å². The monoisotopic (exact) mass is 659 g/mol. The van der Waals surface area contributed by atoms with Crippen LogP contribution in [0, 0.1) is 0 Å². The normalized spacial score (nSPS) is 21.0. The number of alkyl carbamates (subject to hydrolysis) is 1. The molecule has 11 nitrogen and oxygen atoms in total. The summed E-state index contributed by atoms with van der Waals surface area (Å²) in [5, 5.41) is 4.71. The van der Waals surface area contributed by atoms with Crippen LogP contribution in [-0.2, 0) is 33.4 Å². The summed E-state index contributed by atoms with van der Waals surface area (Å²) in [7, 11) is 0. The summed E-state index contributed by atoms with van der Waals surface area (Å²) in [6.45, 7) is 6.35. The molecule has 3 aromatic rings. The average molecular weight is 660 g/mol. The predicted octanol–water partition coefficient (Wildman–Crippen LogP) is 4.29. The van der Waals surface area contributed by atoms with Crippen LogP contribution in [-0.4, -0.2) is 69.7 Å². The van der Waals surface area contributed by atoms with Crippen molar-refractivity contribution in [3.05, 3.63) is 108 Å². The van der Waals surface area contributed by atoms with Gasteiger partial charge in [0, 0.05) is 12.7 Å². The summed E-state index contributed by atoms with van der Waals surface area (Å²) >= 11 is 1.27. The van der Waals surface area contributed by atoms with Gasteiger partial charge in [-0.2, -0.15) is 0 Å². The number of ether oxygens (including phenoxy) is 3. The number of hydrogen-bond acceptors (Lipinski definition) is 9. The molecule has 2 heterocycles. The number of rotatable bonds is 9. The first kappa shape index (κ1) is 33.5. The molecule has 47 heavy (non-hydrogen) atoms. The van der Waals surface area contributed by atoms with Crippen molar-refractivity contribution in [2.45, 2.75) is 69.0 Å². The van der Waals surface area contributed by atoms with Gasteiger partial charge in [0.25, 0.3) is 0 Å². The minimum atomic E-state index is -1.24. The molecule has 2 fully saturated rings. The third-order valence-corrected chi connectivity index (χ3v) is 8.88. The Balaban J connectivity index is 1.37. The molecule has 2 aliphatic rings.